The maximum Gasteiger partial charge on any atom is 0.227 e. The van der Waals surface area contributed by atoms with Gasteiger partial charge in [-0.15, -0.1) is 11.3 Å². The Morgan fingerprint density at radius 3 is 2.67 bits per heavy atom. The molecule has 1 aliphatic rings. The first-order valence-electron chi connectivity index (χ1n) is 10.5. The van der Waals surface area contributed by atoms with Gasteiger partial charge in [-0.2, -0.15) is 0 Å². The van der Waals surface area contributed by atoms with Crippen LogP contribution in [0.2, 0.25) is 0 Å². The molecule has 1 fully saturated rings. The molecule has 1 N–H and O–H groups in total. The molecule has 162 valence electrons. The van der Waals surface area contributed by atoms with E-state index in [1.54, 1.807) is 18.4 Å². The van der Waals surface area contributed by atoms with E-state index in [1.165, 1.54) is 0 Å². The first-order chi connectivity index (χ1) is 14.6. The van der Waals surface area contributed by atoms with Crippen LogP contribution in [-0.2, 0) is 22.4 Å². The standard InChI is InChI=1S/C23H30N2O4S/c1-3-29-20-8-6-17(15-21(20)28-2)7-9-22(26)24-18-10-12-25(13-11-18)23(27)16-19-5-4-14-30-19/h4-6,8,14-15,18H,3,7,9-13,16H2,1-2H3,(H,24,26). The van der Waals surface area contributed by atoms with Crippen molar-refractivity contribution in [2.45, 2.75) is 45.1 Å². The quantitative estimate of drug-likeness (QED) is 0.662. The molecule has 7 heteroatoms. The summed E-state index contributed by atoms with van der Waals surface area (Å²) in [4.78, 5) is 27.8. The van der Waals surface area contributed by atoms with Crippen LogP contribution >= 0.6 is 11.3 Å². The van der Waals surface area contributed by atoms with E-state index in [4.69, 9.17) is 9.47 Å². The van der Waals surface area contributed by atoms with Crippen molar-refractivity contribution in [2.75, 3.05) is 26.8 Å². The molecule has 1 aliphatic heterocycles. The first kappa shape index (κ1) is 22.2. The molecule has 30 heavy (non-hydrogen) atoms. The number of likely N-dealkylation sites (tertiary alicyclic amines) is 1. The minimum Gasteiger partial charge on any atom is -0.493 e. The predicted molar refractivity (Wildman–Crippen MR) is 118 cm³/mol. The second kappa shape index (κ2) is 11.0. The molecule has 0 atom stereocenters. The highest BCUT2D eigenvalue weighted by Gasteiger charge is 2.24. The Bertz CT molecular complexity index is 830. The van der Waals surface area contributed by atoms with Gasteiger partial charge in [0.05, 0.1) is 20.1 Å². The zero-order valence-corrected chi connectivity index (χ0v) is 18.5. The third-order valence-electron chi connectivity index (χ3n) is 5.29. The summed E-state index contributed by atoms with van der Waals surface area (Å²) in [5.41, 5.74) is 1.04. The number of thiophene rings is 1. The van der Waals surface area contributed by atoms with Gasteiger partial charge in [0.15, 0.2) is 11.5 Å². The van der Waals surface area contributed by atoms with E-state index in [0.29, 0.717) is 50.5 Å². The van der Waals surface area contributed by atoms with Crippen molar-refractivity contribution in [3.63, 3.8) is 0 Å². The van der Waals surface area contributed by atoms with Gasteiger partial charge in [-0.25, -0.2) is 0 Å². The number of nitrogens with one attached hydrogen (secondary N) is 1. The monoisotopic (exact) mass is 430 g/mol. The third kappa shape index (κ3) is 6.23. The van der Waals surface area contributed by atoms with Gasteiger partial charge in [0, 0.05) is 30.4 Å². The number of carbonyl (C=O) groups excluding carboxylic acids is 2. The molecule has 1 aromatic heterocycles. The van der Waals surface area contributed by atoms with E-state index >= 15 is 0 Å². The molecular weight excluding hydrogens is 400 g/mol. The Kier molecular flexibility index (Phi) is 8.13. The van der Waals surface area contributed by atoms with Crippen molar-refractivity contribution < 1.29 is 19.1 Å². The second-order valence-electron chi connectivity index (χ2n) is 7.40. The SMILES string of the molecule is CCOc1ccc(CCC(=O)NC2CCN(C(=O)Cc3cccs3)CC2)cc1OC. The van der Waals surface area contributed by atoms with Crippen molar-refractivity contribution in [1.29, 1.82) is 0 Å². The van der Waals surface area contributed by atoms with Gasteiger partial charge in [-0.05, 0) is 55.3 Å². The van der Waals surface area contributed by atoms with Gasteiger partial charge < -0.3 is 19.7 Å². The molecule has 2 heterocycles. The average molecular weight is 431 g/mol. The lowest BCUT2D eigenvalue weighted by Crippen LogP contribution is -2.46. The molecule has 6 nitrogen and oxygen atoms in total. The molecule has 0 radical (unpaired) electrons. The number of aryl methyl sites for hydroxylation is 1. The molecule has 0 unspecified atom stereocenters. The van der Waals surface area contributed by atoms with Crippen molar-refractivity contribution in [3.8, 4) is 11.5 Å². The van der Waals surface area contributed by atoms with Gasteiger partial charge in [-0.1, -0.05) is 12.1 Å². The van der Waals surface area contributed by atoms with Crippen LogP contribution in [0.4, 0.5) is 0 Å². The normalized spacial score (nSPS) is 14.4. The number of rotatable bonds is 9. The highest BCUT2D eigenvalue weighted by Crippen LogP contribution is 2.28. The van der Waals surface area contributed by atoms with Gasteiger partial charge in [0.2, 0.25) is 11.8 Å². The van der Waals surface area contributed by atoms with Gasteiger partial charge in [0.25, 0.3) is 0 Å². The van der Waals surface area contributed by atoms with E-state index in [0.717, 1.165) is 23.3 Å². The van der Waals surface area contributed by atoms with Crippen molar-refractivity contribution >= 4 is 23.2 Å². The van der Waals surface area contributed by atoms with Crippen LogP contribution in [0.1, 0.15) is 36.6 Å². The predicted octanol–water partition coefficient (Wildman–Crippen LogP) is 3.44. The summed E-state index contributed by atoms with van der Waals surface area (Å²) in [6.45, 7) is 3.91. The highest BCUT2D eigenvalue weighted by atomic mass is 32.1. The molecule has 0 spiro atoms. The molecule has 2 aromatic rings. The maximum atomic E-state index is 12.4. The smallest absolute Gasteiger partial charge is 0.227 e. The van der Waals surface area contributed by atoms with Crippen molar-refractivity contribution in [1.82, 2.24) is 10.2 Å². The van der Waals surface area contributed by atoms with E-state index in [-0.39, 0.29) is 17.9 Å². The molecule has 1 aromatic carbocycles. The first-order valence-corrected chi connectivity index (χ1v) is 11.4. The Morgan fingerprint density at radius 1 is 1.20 bits per heavy atom. The topological polar surface area (TPSA) is 67.9 Å². The summed E-state index contributed by atoms with van der Waals surface area (Å²) >= 11 is 1.61. The fourth-order valence-corrected chi connectivity index (χ4v) is 4.34. The summed E-state index contributed by atoms with van der Waals surface area (Å²) < 4.78 is 10.9. The number of hydrogen-bond donors (Lipinski definition) is 1. The van der Waals surface area contributed by atoms with Crippen LogP contribution < -0.4 is 14.8 Å². The Hall–Kier alpha value is -2.54. The molecular formula is C23H30N2O4S. The number of ether oxygens (including phenoxy) is 2. The van der Waals surface area contributed by atoms with Crippen molar-refractivity contribution in [3.05, 3.63) is 46.2 Å². The summed E-state index contributed by atoms with van der Waals surface area (Å²) in [5.74, 6) is 1.63. The highest BCUT2D eigenvalue weighted by molar-refractivity contribution is 7.10. The number of nitrogens with zero attached hydrogens (tertiary/aromatic N) is 1. The fraction of sp³-hybridized carbons (Fsp3) is 0.478. The minimum atomic E-state index is 0.0474. The van der Waals surface area contributed by atoms with E-state index < -0.39 is 0 Å². The number of benzene rings is 1. The van der Waals surface area contributed by atoms with Gasteiger partial charge in [-0.3, -0.25) is 9.59 Å². The third-order valence-corrected chi connectivity index (χ3v) is 6.16. The van der Waals surface area contributed by atoms with Crippen LogP contribution in [0.5, 0.6) is 11.5 Å². The zero-order chi connectivity index (χ0) is 21.3. The maximum absolute atomic E-state index is 12.4. The lowest BCUT2D eigenvalue weighted by atomic mass is 10.0. The van der Waals surface area contributed by atoms with E-state index in [9.17, 15) is 9.59 Å². The lowest BCUT2D eigenvalue weighted by molar-refractivity contribution is -0.131. The largest absolute Gasteiger partial charge is 0.493 e. The summed E-state index contributed by atoms with van der Waals surface area (Å²) in [7, 11) is 1.62. The summed E-state index contributed by atoms with van der Waals surface area (Å²) in [6, 6.07) is 9.89. The summed E-state index contributed by atoms with van der Waals surface area (Å²) in [5, 5.41) is 5.12. The van der Waals surface area contributed by atoms with Crippen LogP contribution in [0.15, 0.2) is 35.7 Å². The fourth-order valence-electron chi connectivity index (χ4n) is 3.65. The second-order valence-corrected chi connectivity index (χ2v) is 8.43. The zero-order valence-electron chi connectivity index (χ0n) is 17.7. The van der Waals surface area contributed by atoms with Crippen LogP contribution in [-0.4, -0.2) is 49.6 Å². The van der Waals surface area contributed by atoms with Gasteiger partial charge in [0.1, 0.15) is 0 Å². The number of amides is 2. The molecule has 3 rings (SSSR count). The molecule has 0 bridgehead atoms. The lowest BCUT2D eigenvalue weighted by Gasteiger charge is -2.32. The Labute approximate surface area is 182 Å². The number of carbonyl (C=O) groups is 2. The Balaban J connectivity index is 1.40. The van der Waals surface area contributed by atoms with Crippen LogP contribution in [0.3, 0.4) is 0 Å². The van der Waals surface area contributed by atoms with Crippen LogP contribution in [0, 0.1) is 0 Å². The molecule has 0 aliphatic carbocycles. The summed E-state index contributed by atoms with van der Waals surface area (Å²) in [6.07, 6.45) is 3.15. The Morgan fingerprint density at radius 2 is 2.00 bits per heavy atom. The van der Waals surface area contributed by atoms with Gasteiger partial charge >= 0.3 is 0 Å². The number of methoxy groups -OCH3 is 1. The molecule has 1 saturated heterocycles. The number of piperidine rings is 1. The van der Waals surface area contributed by atoms with Crippen molar-refractivity contribution in [2.24, 2.45) is 0 Å². The van der Waals surface area contributed by atoms with E-state index in [1.807, 2.05) is 47.5 Å². The minimum absolute atomic E-state index is 0.0474. The molecule has 0 saturated carbocycles. The number of hydrogen-bond acceptors (Lipinski definition) is 5. The van der Waals surface area contributed by atoms with E-state index in [2.05, 4.69) is 5.32 Å². The molecule has 2 amide bonds. The average Bonchev–Trinajstić information content (AvgIpc) is 3.26. The van der Waals surface area contributed by atoms with Crippen LogP contribution in [0.25, 0.3) is 0 Å².